The number of benzene rings is 3. The third-order valence-electron chi connectivity index (χ3n) is 3.79. The molecule has 0 aliphatic rings. The molecule has 140 valence electrons. The molecule has 0 unspecified atom stereocenters. The minimum atomic E-state index is -0.532. The van der Waals surface area contributed by atoms with Crippen LogP contribution in [0.4, 0.5) is 10.1 Å². The van der Waals surface area contributed by atoms with Crippen LogP contribution in [-0.2, 0) is 4.79 Å². The molecule has 0 aliphatic carbocycles. The molecule has 0 aromatic heterocycles. The molecule has 0 aliphatic heterocycles. The lowest BCUT2D eigenvalue weighted by Crippen LogP contribution is -2.30. The standard InChI is InChI=1S/C22H16ClFN2O2/c23-17-7-4-8-19(14-17)25-22(28)20(13-15-9-11-18(24)12-10-15)26-21(27)16-5-2-1-3-6-16/h1-14H,(H,25,28)(H,26,27). The van der Waals surface area contributed by atoms with Crippen LogP contribution in [0.3, 0.4) is 0 Å². The van der Waals surface area contributed by atoms with Crippen LogP contribution in [0.15, 0.2) is 84.6 Å². The van der Waals surface area contributed by atoms with E-state index < -0.39 is 17.6 Å². The molecule has 3 aromatic carbocycles. The van der Waals surface area contributed by atoms with Crippen molar-refractivity contribution in [2.24, 2.45) is 0 Å². The third kappa shape index (κ3) is 5.28. The van der Waals surface area contributed by atoms with Gasteiger partial charge in [0.2, 0.25) is 0 Å². The first-order valence-corrected chi connectivity index (χ1v) is 8.79. The van der Waals surface area contributed by atoms with E-state index in [1.54, 1.807) is 54.6 Å². The Bertz CT molecular complexity index is 1020. The van der Waals surface area contributed by atoms with Gasteiger partial charge in [-0.3, -0.25) is 9.59 Å². The maximum Gasteiger partial charge on any atom is 0.272 e. The number of rotatable bonds is 5. The highest BCUT2D eigenvalue weighted by Gasteiger charge is 2.15. The zero-order chi connectivity index (χ0) is 19.9. The average Bonchev–Trinajstić information content (AvgIpc) is 2.69. The highest BCUT2D eigenvalue weighted by atomic mass is 35.5. The number of nitrogens with one attached hydrogen (secondary N) is 2. The van der Waals surface area contributed by atoms with Gasteiger partial charge in [0, 0.05) is 16.3 Å². The summed E-state index contributed by atoms with van der Waals surface area (Å²) in [5.74, 6) is -1.36. The second-order valence-corrected chi connectivity index (χ2v) is 6.33. The van der Waals surface area contributed by atoms with Crippen molar-refractivity contribution in [1.29, 1.82) is 0 Å². The molecular weight excluding hydrogens is 379 g/mol. The molecule has 0 saturated carbocycles. The Morgan fingerprint density at radius 1 is 0.893 bits per heavy atom. The Kier molecular flexibility index (Phi) is 6.19. The van der Waals surface area contributed by atoms with Gasteiger partial charge in [0.05, 0.1) is 0 Å². The normalized spacial score (nSPS) is 11.0. The zero-order valence-electron chi connectivity index (χ0n) is 14.7. The molecule has 6 heteroatoms. The van der Waals surface area contributed by atoms with E-state index in [1.807, 2.05) is 0 Å². The van der Waals surface area contributed by atoms with Gasteiger partial charge in [-0.15, -0.1) is 0 Å². The summed E-state index contributed by atoms with van der Waals surface area (Å²) in [6, 6.07) is 20.7. The molecule has 28 heavy (non-hydrogen) atoms. The van der Waals surface area contributed by atoms with Crippen molar-refractivity contribution in [3.05, 3.63) is 107 Å². The Morgan fingerprint density at radius 3 is 2.29 bits per heavy atom. The van der Waals surface area contributed by atoms with Crippen LogP contribution in [0.25, 0.3) is 6.08 Å². The Morgan fingerprint density at radius 2 is 1.61 bits per heavy atom. The number of halogens is 2. The van der Waals surface area contributed by atoms with Gasteiger partial charge in [-0.25, -0.2) is 4.39 Å². The van der Waals surface area contributed by atoms with Gasteiger partial charge < -0.3 is 10.6 Å². The Hall–Kier alpha value is -3.44. The van der Waals surface area contributed by atoms with Crippen LogP contribution < -0.4 is 10.6 Å². The monoisotopic (exact) mass is 394 g/mol. The van der Waals surface area contributed by atoms with E-state index in [4.69, 9.17) is 11.6 Å². The molecule has 0 saturated heterocycles. The van der Waals surface area contributed by atoms with Crippen molar-refractivity contribution in [1.82, 2.24) is 5.32 Å². The van der Waals surface area contributed by atoms with Crippen LogP contribution >= 0.6 is 11.6 Å². The summed E-state index contributed by atoms with van der Waals surface area (Å²) in [7, 11) is 0. The molecule has 0 atom stereocenters. The summed E-state index contributed by atoms with van der Waals surface area (Å²) >= 11 is 5.95. The predicted molar refractivity (Wildman–Crippen MR) is 108 cm³/mol. The first-order chi connectivity index (χ1) is 13.5. The number of hydrogen-bond donors (Lipinski definition) is 2. The van der Waals surface area contributed by atoms with Crippen LogP contribution in [0, 0.1) is 5.82 Å². The van der Waals surface area contributed by atoms with E-state index >= 15 is 0 Å². The van der Waals surface area contributed by atoms with E-state index in [1.165, 1.54) is 30.3 Å². The zero-order valence-corrected chi connectivity index (χ0v) is 15.4. The molecule has 2 amide bonds. The van der Waals surface area contributed by atoms with Gasteiger partial charge in [-0.05, 0) is 54.1 Å². The summed E-state index contributed by atoms with van der Waals surface area (Å²) in [5.41, 5.74) is 1.46. The van der Waals surface area contributed by atoms with Crippen LogP contribution in [0.1, 0.15) is 15.9 Å². The van der Waals surface area contributed by atoms with Crippen molar-refractivity contribution < 1.29 is 14.0 Å². The van der Waals surface area contributed by atoms with Gasteiger partial charge in [0.25, 0.3) is 11.8 Å². The van der Waals surface area contributed by atoms with E-state index in [-0.39, 0.29) is 5.70 Å². The van der Waals surface area contributed by atoms with E-state index in [0.717, 1.165) is 0 Å². The molecule has 0 spiro atoms. The summed E-state index contributed by atoms with van der Waals surface area (Å²) in [6.45, 7) is 0. The molecule has 0 heterocycles. The molecule has 2 N–H and O–H groups in total. The van der Waals surface area contributed by atoms with Crippen LogP contribution in [0.5, 0.6) is 0 Å². The summed E-state index contributed by atoms with van der Waals surface area (Å²) in [4.78, 5) is 25.2. The second kappa shape index (κ2) is 8.97. The van der Waals surface area contributed by atoms with Crippen molar-refractivity contribution in [3.8, 4) is 0 Å². The highest BCUT2D eigenvalue weighted by Crippen LogP contribution is 2.16. The smallest absolute Gasteiger partial charge is 0.272 e. The van der Waals surface area contributed by atoms with Gasteiger partial charge in [0.1, 0.15) is 11.5 Å². The maximum absolute atomic E-state index is 13.2. The van der Waals surface area contributed by atoms with E-state index in [2.05, 4.69) is 10.6 Å². The summed E-state index contributed by atoms with van der Waals surface area (Å²) in [6.07, 6.45) is 1.47. The summed E-state index contributed by atoms with van der Waals surface area (Å²) in [5, 5.41) is 5.77. The number of carbonyl (C=O) groups excluding carboxylic acids is 2. The fourth-order valence-electron chi connectivity index (χ4n) is 2.43. The number of hydrogen-bond acceptors (Lipinski definition) is 2. The van der Waals surface area contributed by atoms with Gasteiger partial charge >= 0.3 is 0 Å². The molecule has 3 rings (SSSR count). The predicted octanol–water partition coefficient (Wildman–Crippen LogP) is 4.89. The number of carbonyl (C=O) groups is 2. The topological polar surface area (TPSA) is 58.2 Å². The Balaban J connectivity index is 1.88. The molecule has 4 nitrogen and oxygen atoms in total. The average molecular weight is 395 g/mol. The molecular formula is C22H16ClFN2O2. The van der Waals surface area contributed by atoms with Crippen molar-refractivity contribution in [2.45, 2.75) is 0 Å². The molecule has 0 radical (unpaired) electrons. The lowest BCUT2D eigenvalue weighted by molar-refractivity contribution is -0.113. The highest BCUT2D eigenvalue weighted by molar-refractivity contribution is 6.31. The van der Waals surface area contributed by atoms with Crippen molar-refractivity contribution in [3.63, 3.8) is 0 Å². The van der Waals surface area contributed by atoms with Gasteiger partial charge in [-0.1, -0.05) is 48.0 Å². The summed E-state index contributed by atoms with van der Waals surface area (Å²) < 4.78 is 13.2. The van der Waals surface area contributed by atoms with Crippen LogP contribution in [0.2, 0.25) is 5.02 Å². The largest absolute Gasteiger partial charge is 0.321 e. The van der Waals surface area contributed by atoms with Gasteiger partial charge in [-0.2, -0.15) is 0 Å². The van der Waals surface area contributed by atoms with Crippen molar-refractivity contribution in [2.75, 3.05) is 5.32 Å². The lowest BCUT2D eigenvalue weighted by Gasteiger charge is -2.11. The lowest BCUT2D eigenvalue weighted by atomic mass is 10.1. The fraction of sp³-hybridized carbons (Fsp3) is 0. The molecule has 0 fully saturated rings. The third-order valence-corrected chi connectivity index (χ3v) is 4.03. The van der Waals surface area contributed by atoms with Crippen molar-refractivity contribution >= 4 is 35.2 Å². The SMILES string of the molecule is O=C(Nc1cccc(Cl)c1)C(=Cc1ccc(F)cc1)NC(=O)c1ccccc1. The minimum Gasteiger partial charge on any atom is -0.321 e. The van der Waals surface area contributed by atoms with E-state index in [0.29, 0.717) is 21.8 Å². The minimum absolute atomic E-state index is 0.0143. The number of amides is 2. The Labute approximate surface area is 166 Å². The maximum atomic E-state index is 13.2. The molecule has 3 aromatic rings. The fourth-order valence-corrected chi connectivity index (χ4v) is 2.62. The second-order valence-electron chi connectivity index (χ2n) is 5.89. The number of anilines is 1. The first kappa shape index (κ1) is 19.3. The van der Waals surface area contributed by atoms with E-state index in [9.17, 15) is 14.0 Å². The quantitative estimate of drug-likeness (QED) is 0.605. The van der Waals surface area contributed by atoms with Gasteiger partial charge in [0.15, 0.2) is 0 Å². The van der Waals surface area contributed by atoms with Crippen LogP contribution in [-0.4, -0.2) is 11.8 Å². The molecule has 0 bridgehead atoms. The first-order valence-electron chi connectivity index (χ1n) is 8.42.